The number of benzene rings is 1. The summed E-state index contributed by atoms with van der Waals surface area (Å²) < 4.78 is 0. The summed E-state index contributed by atoms with van der Waals surface area (Å²) in [4.78, 5) is 39.2. The van der Waals surface area contributed by atoms with Gasteiger partial charge in [-0.05, 0) is 51.0 Å². The second-order valence-electron chi connectivity index (χ2n) is 6.65. The first-order valence-electron chi connectivity index (χ1n) is 9.07. The van der Waals surface area contributed by atoms with Crippen LogP contribution in [0.3, 0.4) is 0 Å². The standard InChI is InChI=1S/C20H27N3O3/c1-4-22(14-18(24)21-15(2)3)19(25)12-9-16-7-10-17(11-8-16)23-13-5-6-20(23)26/h7-12,15H,4-6,13-14H2,1-3H3,(H,21,24)/b12-9+. The van der Waals surface area contributed by atoms with Crippen molar-refractivity contribution >= 4 is 29.5 Å². The van der Waals surface area contributed by atoms with Gasteiger partial charge < -0.3 is 15.1 Å². The number of hydrogen-bond acceptors (Lipinski definition) is 3. The SMILES string of the molecule is CCN(CC(=O)NC(C)C)C(=O)/C=C/c1ccc(N2CCCC2=O)cc1. The molecule has 1 fully saturated rings. The molecule has 1 heterocycles. The van der Waals surface area contributed by atoms with E-state index in [1.807, 2.05) is 45.0 Å². The Bertz CT molecular complexity index is 680. The van der Waals surface area contributed by atoms with Crippen LogP contribution < -0.4 is 10.2 Å². The fraction of sp³-hybridized carbons (Fsp3) is 0.450. The average molecular weight is 357 g/mol. The maximum absolute atomic E-state index is 12.3. The zero-order valence-electron chi connectivity index (χ0n) is 15.7. The van der Waals surface area contributed by atoms with Gasteiger partial charge in [0.05, 0.1) is 6.54 Å². The van der Waals surface area contributed by atoms with Crippen LogP contribution in [0, 0.1) is 0 Å². The number of likely N-dealkylation sites (N-methyl/N-ethyl adjacent to an activating group) is 1. The van der Waals surface area contributed by atoms with Crippen LogP contribution in [0.15, 0.2) is 30.3 Å². The van der Waals surface area contributed by atoms with Crippen molar-refractivity contribution in [2.24, 2.45) is 0 Å². The first-order chi connectivity index (χ1) is 12.4. The molecule has 6 heteroatoms. The topological polar surface area (TPSA) is 69.7 Å². The lowest BCUT2D eigenvalue weighted by atomic mass is 10.2. The molecule has 1 aliphatic heterocycles. The Hall–Kier alpha value is -2.63. The van der Waals surface area contributed by atoms with Gasteiger partial charge in [-0.2, -0.15) is 0 Å². The third-order valence-electron chi connectivity index (χ3n) is 4.17. The Morgan fingerprint density at radius 1 is 1.27 bits per heavy atom. The van der Waals surface area contributed by atoms with Gasteiger partial charge in [0, 0.05) is 37.3 Å². The molecule has 26 heavy (non-hydrogen) atoms. The molecular formula is C20H27N3O3. The molecular weight excluding hydrogens is 330 g/mol. The molecule has 2 rings (SSSR count). The third kappa shape index (κ3) is 5.44. The first kappa shape index (κ1) is 19.7. The van der Waals surface area contributed by atoms with Gasteiger partial charge in [-0.15, -0.1) is 0 Å². The zero-order valence-corrected chi connectivity index (χ0v) is 15.7. The fourth-order valence-corrected chi connectivity index (χ4v) is 2.85. The van der Waals surface area contributed by atoms with Gasteiger partial charge in [-0.3, -0.25) is 14.4 Å². The van der Waals surface area contributed by atoms with Crippen LogP contribution in [0.4, 0.5) is 5.69 Å². The summed E-state index contributed by atoms with van der Waals surface area (Å²) in [7, 11) is 0. The van der Waals surface area contributed by atoms with Gasteiger partial charge in [0.1, 0.15) is 0 Å². The molecule has 0 radical (unpaired) electrons. The van der Waals surface area contributed by atoms with E-state index in [1.54, 1.807) is 11.0 Å². The number of amides is 3. The molecule has 0 bridgehead atoms. The second-order valence-corrected chi connectivity index (χ2v) is 6.65. The van der Waals surface area contributed by atoms with E-state index in [1.165, 1.54) is 11.0 Å². The van der Waals surface area contributed by atoms with Crippen molar-refractivity contribution in [3.63, 3.8) is 0 Å². The molecule has 0 saturated carbocycles. The van der Waals surface area contributed by atoms with E-state index >= 15 is 0 Å². The Kier molecular flexibility index (Phi) is 6.95. The predicted molar refractivity (Wildman–Crippen MR) is 103 cm³/mol. The second kappa shape index (κ2) is 9.17. The van der Waals surface area contributed by atoms with Crippen LogP contribution in [-0.2, 0) is 14.4 Å². The number of hydrogen-bond donors (Lipinski definition) is 1. The number of anilines is 1. The molecule has 140 valence electrons. The minimum Gasteiger partial charge on any atom is -0.352 e. The highest BCUT2D eigenvalue weighted by Crippen LogP contribution is 2.21. The lowest BCUT2D eigenvalue weighted by Gasteiger charge is -2.19. The summed E-state index contributed by atoms with van der Waals surface area (Å²) in [5.74, 6) is -0.213. The summed E-state index contributed by atoms with van der Waals surface area (Å²) in [5.41, 5.74) is 1.76. The monoisotopic (exact) mass is 357 g/mol. The molecule has 0 spiro atoms. The van der Waals surface area contributed by atoms with E-state index in [0.717, 1.165) is 24.2 Å². The molecule has 1 N–H and O–H groups in total. The molecule has 0 unspecified atom stereocenters. The van der Waals surface area contributed by atoms with Crippen LogP contribution in [0.2, 0.25) is 0 Å². The number of nitrogens with one attached hydrogen (secondary N) is 1. The van der Waals surface area contributed by atoms with Gasteiger partial charge in [-0.25, -0.2) is 0 Å². The van der Waals surface area contributed by atoms with Crippen LogP contribution in [0.25, 0.3) is 6.08 Å². The van der Waals surface area contributed by atoms with Gasteiger partial charge in [0.15, 0.2) is 0 Å². The summed E-state index contributed by atoms with van der Waals surface area (Å²) in [6.45, 7) is 6.88. The molecule has 0 atom stereocenters. The predicted octanol–water partition coefficient (Wildman–Crippen LogP) is 2.20. The quantitative estimate of drug-likeness (QED) is 0.761. The fourth-order valence-electron chi connectivity index (χ4n) is 2.85. The van der Waals surface area contributed by atoms with Crippen molar-refractivity contribution in [3.8, 4) is 0 Å². The van der Waals surface area contributed by atoms with E-state index < -0.39 is 0 Å². The Morgan fingerprint density at radius 2 is 1.96 bits per heavy atom. The molecule has 1 aromatic rings. The highest BCUT2D eigenvalue weighted by Gasteiger charge is 2.21. The van der Waals surface area contributed by atoms with E-state index in [9.17, 15) is 14.4 Å². The van der Waals surface area contributed by atoms with E-state index in [2.05, 4.69) is 5.32 Å². The molecule has 0 aromatic heterocycles. The third-order valence-corrected chi connectivity index (χ3v) is 4.17. The maximum Gasteiger partial charge on any atom is 0.247 e. The van der Waals surface area contributed by atoms with Crippen molar-refractivity contribution in [3.05, 3.63) is 35.9 Å². The van der Waals surface area contributed by atoms with Crippen LogP contribution in [-0.4, -0.2) is 48.3 Å². The largest absolute Gasteiger partial charge is 0.352 e. The molecule has 1 aromatic carbocycles. The summed E-state index contributed by atoms with van der Waals surface area (Å²) in [6.07, 6.45) is 4.70. The highest BCUT2D eigenvalue weighted by molar-refractivity contribution is 5.96. The number of rotatable bonds is 7. The van der Waals surface area contributed by atoms with Crippen LogP contribution in [0.5, 0.6) is 0 Å². The Labute approximate surface area is 154 Å². The Balaban J connectivity index is 1.95. The van der Waals surface area contributed by atoms with E-state index in [4.69, 9.17) is 0 Å². The normalized spacial score (nSPS) is 14.3. The summed E-state index contributed by atoms with van der Waals surface area (Å²) >= 11 is 0. The maximum atomic E-state index is 12.3. The van der Waals surface area contributed by atoms with Crippen LogP contribution in [0.1, 0.15) is 39.2 Å². The summed E-state index contributed by atoms with van der Waals surface area (Å²) in [6, 6.07) is 7.59. The van der Waals surface area contributed by atoms with Crippen molar-refractivity contribution < 1.29 is 14.4 Å². The lowest BCUT2D eigenvalue weighted by Crippen LogP contribution is -2.42. The Morgan fingerprint density at radius 3 is 2.50 bits per heavy atom. The van der Waals surface area contributed by atoms with Gasteiger partial charge >= 0.3 is 0 Å². The van der Waals surface area contributed by atoms with Gasteiger partial charge in [0.25, 0.3) is 0 Å². The van der Waals surface area contributed by atoms with Gasteiger partial charge in [0.2, 0.25) is 17.7 Å². The smallest absolute Gasteiger partial charge is 0.247 e. The number of carbonyl (C=O) groups excluding carboxylic acids is 3. The van der Waals surface area contributed by atoms with Crippen molar-refractivity contribution in [1.29, 1.82) is 0 Å². The molecule has 1 aliphatic rings. The highest BCUT2D eigenvalue weighted by atomic mass is 16.2. The average Bonchev–Trinajstić information content (AvgIpc) is 3.03. The molecule has 6 nitrogen and oxygen atoms in total. The van der Waals surface area contributed by atoms with E-state index in [-0.39, 0.29) is 30.3 Å². The zero-order chi connectivity index (χ0) is 19.1. The minimum atomic E-state index is -0.204. The van der Waals surface area contributed by atoms with Gasteiger partial charge in [-0.1, -0.05) is 12.1 Å². The first-order valence-corrected chi connectivity index (χ1v) is 9.07. The van der Waals surface area contributed by atoms with Crippen molar-refractivity contribution in [2.75, 3.05) is 24.5 Å². The van der Waals surface area contributed by atoms with E-state index in [0.29, 0.717) is 13.0 Å². The molecule has 0 aliphatic carbocycles. The summed E-state index contributed by atoms with van der Waals surface area (Å²) in [5, 5.41) is 2.78. The molecule has 3 amide bonds. The van der Waals surface area contributed by atoms with Crippen molar-refractivity contribution in [1.82, 2.24) is 10.2 Å². The van der Waals surface area contributed by atoms with Crippen LogP contribution >= 0.6 is 0 Å². The number of carbonyl (C=O) groups is 3. The minimum absolute atomic E-state index is 0.0489. The van der Waals surface area contributed by atoms with Crippen molar-refractivity contribution in [2.45, 2.75) is 39.7 Å². The number of nitrogens with zero attached hydrogens (tertiary/aromatic N) is 2. The lowest BCUT2D eigenvalue weighted by molar-refractivity contribution is -0.132. The molecule has 1 saturated heterocycles.